The van der Waals surface area contributed by atoms with E-state index in [4.69, 9.17) is 48.0 Å². The van der Waals surface area contributed by atoms with Crippen molar-refractivity contribution in [3.8, 4) is 0 Å². The SMILES string of the molecule is CC1COC(Cn2cncn2)(c2ccc(Cl)cc2Cl)O1.O=[N+]([O-])O. The average molecular weight is 377 g/mol. The van der Waals surface area contributed by atoms with Crippen molar-refractivity contribution >= 4 is 23.2 Å². The van der Waals surface area contributed by atoms with Crippen LogP contribution in [0.1, 0.15) is 12.5 Å². The van der Waals surface area contributed by atoms with Gasteiger partial charge in [-0.3, -0.25) is 0 Å². The third-order valence-corrected chi connectivity index (χ3v) is 3.67. The molecule has 1 aromatic carbocycles. The molecule has 0 bridgehead atoms. The minimum Gasteiger partial charge on any atom is -0.342 e. The van der Waals surface area contributed by atoms with Crippen LogP contribution in [0, 0.1) is 10.1 Å². The van der Waals surface area contributed by atoms with Crippen molar-refractivity contribution in [1.29, 1.82) is 0 Å². The van der Waals surface area contributed by atoms with E-state index < -0.39 is 10.9 Å². The molecule has 1 aliphatic rings. The van der Waals surface area contributed by atoms with Crippen LogP contribution < -0.4 is 0 Å². The van der Waals surface area contributed by atoms with Crippen molar-refractivity contribution in [1.82, 2.24) is 14.8 Å². The molecule has 2 unspecified atom stereocenters. The quantitative estimate of drug-likeness (QED) is 0.646. The Balaban J connectivity index is 0.000000471. The normalized spacial score (nSPS) is 22.7. The van der Waals surface area contributed by atoms with Crippen molar-refractivity contribution < 1.29 is 19.8 Å². The maximum atomic E-state index is 8.36. The number of halogens is 2. The molecule has 9 nitrogen and oxygen atoms in total. The van der Waals surface area contributed by atoms with Crippen LogP contribution in [-0.4, -0.2) is 37.8 Å². The second-order valence-corrected chi connectivity index (χ2v) is 5.79. The van der Waals surface area contributed by atoms with Gasteiger partial charge in [0, 0.05) is 10.6 Å². The Morgan fingerprint density at radius 3 is 2.75 bits per heavy atom. The van der Waals surface area contributed by atoms with Crippen LogP contribution in [0.25, 0.3) is 0 Å². The number of benzene rings is 1. The molecule has 0 aliphatic carbocycles. The van der Waals surface area contributed by atoms with Crippen molar-refractivity contribution in [2.75, 3.05) is 6.61 Å². The Bertz CT molecular complexity index is 696. The number of nitrogens with zero attached hydrogens (tertiary/aromatic N) is 4. The van der Waals surface area contributed by atoms with Crippen LogP contribution in [0.4, 0.5) is 0 Å². The first kappa shape index (κ1) is 18.4. The summed E-state index contributed by atoms with van der Waals surface area (Å²) in [7, 11) is 0. The number of hydrogen-bond donors (Lipinski definition) is 1. The number of hydrogen-bond acceptors (Lipinski definition) is 6. The third kappa shape index (κ3) is 4.54. The molecule has 11 heteroatoms. The summed E-state index contributed by atoms with van der Waals surface area (Å²) >= 11 is 12.2. The number of rotatable bonds is 3. The van der Waals surface area contributed by atoms with E-state index in [9.17, 15) is 0 Å². The van der Waals surface area contributed by atoms with Crippen molar-refractivity contribution in [2.24, 2.45) is 0 Å². The zero-order valence-corrected chi connectivity index (χ0v) is 14.0. The van der Waals surface area contributed by atoms with E-state index in [0.29, 0.717) is 23.2 Å². The molecule has 1 aromatic heterocycles. The maximum Gasteiger partial charge on any atom is 0.291 e. The lowest BCUT2D eigenvalue weighted by atomic mass is 10.1. The van der Waals surface area contributed by atoms with Gasteiger partial charge in [-0.1, -0.05) is 29.3 Å². The molecule has 0 spiro atoms. The zero-order valence-electron chi connectivity index (χ0n) is 12.5. The highest BCUT2D eigenvalue weighted by atomic mass is 35.5. The van der Waals surface area contributed by atoms with E-state index in [2.05, 4.69) is 10.1 Å². The Morgan fingerprint density at radius 2 is 2.25 bits per heavy atom. The summed E-state index contributed by atoms with van der Waals surface area (Å²) < 4.78 is 13.5. The maximum absolute atomic E-state index is 8.36. The van der Waals surface area contributed by atoms with Gasteiger partial charge in [0.1, 0.15) is 19.2 Å². The zero-order chi connectivity index (χ0) is 17.7. The minimum atomic E-state index is -1.50. The van der Waals surface area contributed by atoms with Gasteiger partial charge in [0.15, 0.2) is 0 Å². The van der Waals surface area contributed by atoms with E-state index in [1.807, 2.05) is 13.0 Å². The summed E-state index contributed by atoms with van der Waals surface area (Å²) in [6.45, 7) is 2.82. The van der Waals surface area contributed by atoms with Crippen LogP contribution in [0.5, 0.6) is 0 Å². The highest BCUT2D eigenvalue weighted by Crippen LogP contribution is 2.40. The topological polar surface area (TPSA) is 113 Å². The smallest absolute Gasteiger partial charge is 0.291 e. The molecule has 3 rings (SSSR count). The van der Waals surface area contributed by atoms with Crippen molar-refractivity contribution in [3.05, 3.63) is 56.6 Å². The van der Waals surface area contributed by atoms with Gasteiger partial charge in [-0.05, 0) is 19.1 Å². The van der Waals surface area contributed by atoms with Crippen molar-refractivity contribution in [2.45, 2.75) is 25.4 Å². The number of aromatic nitrogens is 3. The molecule has 2 atom stereocenters. The van der Waals surface area contributed by atoms with Gasteiger partial charge in [0.25, 0.3) is 5.09 Å². The van der Waals surface area contributed by atoms with Gasteiger partial charge in [-0.15, -0.1) is 10.1 Å². The lowest BCUT2D eigenvalue weighted by molar-refractivity contribution is -0.742. The summed E-state index contributed by atoms with van der Waals surface area (Å²) in [5.41, 5.74) is 0.739. The monoisotopic (exact) mass is 376 g/mol. The fourth-order valence-electron chi connectivity index (χ4n) is 2.28. The molecule has 2 heterocycles. The molecule has 0 saturated carbocycles. The molecule has 24 heavy (non-hydrogen) atoms. The third-order valence-electron chi connectivity index (χ3n) is 3.12. The van der Waals surface area contributed by atoms with E-state index in [0.717, 1.165) is 5.56 Å². The van der Waals surface area contributed by atoms with Gasteiger partial charge in [0.05, 0.1) is 17.7 Å². The van der Waals surface area contributed by atoms with Gasteiger partial charge in [-0.25, -0.2) is 9.67 Å². The first-order valence-electron chi connectivity index (χ1n) is 6.75. The predicted octanol–water partition coefficient (Wildman–Crippen LogP) is 2.53. The fraction of sp³-hybridized carbons (Fsp3) is 0.385. The Labute approximate surface area is 146 Å². The van der Waals surface area contributed by atoms with Crippen LogP contribution >= 0.6 is 23.2 Å². The lowest BCUT2D eigenvalue weighted by Crippen LogP contribution is -2.34. The standard InChI is InChI=1S/C13H13Cl2N3O2.HNO3/c1-9-5-19-13(20-9,6-18-8-16-7-17-18)11-3-2-10(14)4-12(11)15;2-1(3)4/h2-4,7-9H,5-6H2,1H3;(H,2,3,4). The molecule has 1 fully saturated rings. The molecule has 0 amide bonds. The van der Waals surface area contributed by atoms with Gasteiger partial charge in [-0.2, -0.15) is 5.10 Å². The van der Waals surface area contributed by atoms with Crippen LogP contribution in [0.3, 0.4) is 0 Å². The average Bonchev–Trinajstić information content (AvgIpc) is 3.09. The lowest BCUT2D eigenvalue weighted by Gasteiger charge is -2.29. The molecule has 130 valence electrons. The summed E-state index contributed by atoms with van der Waals surface area (Å²) in [6.07, 6.45) is 3.06. The molecule has 2 aromatic rings. The number of ether oxygens (including phenoxy) is 2. The van der Waals surface area contributed by atoms with E-state index in [-0.39, 0.29) is 6.10 Å². The van der Waals surface area contributed by atoms with Gasteiger partial charge in [0.2, 0.25) is 5.79 Å². The van der Waals surface area contributed by atoms with Gasteiger partial charge >= 0.3 is 0 Å². The summed E-state index contributed by atoms with van der Waals surface area (Å²) in [5.74, 6) is -0.964. The van der Waals surface area contributed by atoms with E-state index in [1.54, 1.807) is 23.1 Å². The molecule has 0 radical (unpaired) electrons. The minimum absolute atomic E-state index is 0.0229. The largest absolute Gasteiger partial charge is 0.342 e. The summed E-state index contributed by atoms with van der Waals surface area (Å²) in [6, 6.07) is 5.26. The van der Waals surface area contributed by atoms with Crippen molar-refractivity contribution in [3.63, 3.8) is 0 Å². The molecule has 1 N–H and O–H groups in total. The van der Waals surface area contributed by atoms with Crippen LogP contribution in [-0.2, 0) is 21.8 Å². The molecular formula is C13H14Cl2N4O5. The molecule has 1 aliphatic heterocycles. The first-order valence-corrected chi connectivity index (χ1v) is 7.51. The van der Waals surface area contributed by atoms with Crippen LogP contribution in [0.15, 0.2) is 30.9 Å². The molecule has 1 saturated heterocycles. The van der Waals surface area contributed by atoms with E-state index >= 15 is 0 Å². The Morgan fingerprint density at radius 1 is 1.54 bits per heavy atom. The second kappa shape index (κ2) is 7.75. The second-order valence-electron chi connectivity index (χ2n) is 4.95. The van der Waals surface area contributed by atoms with Gasteiger partial charge < -0.3 is 14.7 Å². The Hall–Kier alpha value is -1.94. The molecular weight excluding hydrogens is 363 g/mol. The van der Waals surface area contributed by atoms with Crippen LogP contribution in [0.2, 0.25) is 10.0 Å². The Kier molecular flexibility index (Phi) is 5.94. The fourth-order valence-corrected chi connectivity index (χ4v) is 2.83. The first-order chi connectivity index (χ1) is 11.3. The highest BCUT2D eigenvalue weighted by molar-refractivity contribution is 6.35. The summed E-state index contributed by atoms with van der Waals surface area (Å²) in [4.78, 5) is 12.3. The predicted molar refractivity (Wildman–Crippen MR) is 83.4 cm³/mol. The highest BCUT2D eigenvalue weighted by Gasteiger charge is 2.44. The van der Waals surface area contributed by atoms with E-state index in [1.165, 1.54) is 6.33 Å². The summed E-state index contributed by atoms with van der Waals surface area (Å²) in [5, 5.41) is 18.8.